The fourth-order valence-corrected chi connectivity index (χ4v) is 4.13. The van der Waals surface area contributed by atoms with E-state index in [1.807, 2.05) is 43.3 Å². The summed E-state index contributed by atoms with van der Waals surface area (Å²) in [6.45, 7) is 5.13. The second-order valence-corrected chi connectivity index (χ2v) is 8.39. The van der Waals surface area contributed by atoms with Crippen molar-refractivity contribution in [3.63, 3.8) is 0 Å². The zero-order chi connectivity index (χ0) is 22.0. The second kappa shape index (κ2) is 9.08. The Morgan fingerprint density at radius 1 is 1.16 bits per heavy atom. The van der Waals surface area contributed by atoms with Crippen molar-refractivity contribution in [2.24, 2.45) is 5.73 Å². The summed E-state index contributed by atoms with van der Waals surface area (Å²) < 4.78 is 5.62. The van der Waals surface area contributed by atoms with Crippen LogP contribution < -0.4 is 25.6 Å². The van der Waals surface area contributed by atoms with E-state index in [1.54, 1.807) is 28.9 Å². The van der Waals surface area contributed by atoms with Gasteiger partial charge in [0.1, 0.15) is 5.75 Å². The van der Waals surface area contributed by atoms with Crippen molar-refractivity contribution in [1.29, 1.82) is 0 Å². The Labute approximate surface area is 183 Å². The number of hydrogen-bond donors (Lipinski definition) is 2. The smallest absolute Gasteiger partial charge is 0.410 e. The van der Waals surface area contributed by atoms with Crippen molar-refractivity contribution in [3.05, 3.63) is 54.1 Å². The lowest BCUT2D eigenvalue weighted by molar-refractivity contribution is -0.117. The van der Waals surface area contributed by atoms with Crippen molar-refractivity contribution in [1.82, 2.24) is 5.32 Å². The molecule has 164 valence electrons. The highest BCUT2D eigenvalue weighted by Gasteiger charge is 2.35. The van der Waals surface area contributed by atoms with Crippen LogP contribution in [-0.4, -0.2) is 43.7 Å². The number of ether oxygens (including phenoxy) is 1. The predicted molar refractivity (Wildman–Crippen MR) is 122 cm³/mol. The van der Waals surface area contributed by atoms with Gasteiger partial charge in [0.2, 0.25) is 5.91 Å². The molecule has 1 heterocycles. The zero-order valence-corrected chi connectivity index (χ0v) is 18.1. The number of carbonyl (C=O) groups excluding carboxylic acids is 2. The first kappa shape index (κ1) is 21.3. The first-order chi connectivity index (χ1) is 15.0. The Morgan fingerprint density at radius 3 is 2.55 bits per heavy atom. The van der Waals surface area contributed by atoms with Gasteiger partial charge < -0.3 is 20.7 Å². The third kappa shape index (κ3) is 4.73. The molecular formula is C24H30N4O3. The number of benzene rings is 2. The largest absolute Gasteiger partial charge is 0.419 e. The molecule has 1 unspecified atom stereocenters. The van der Waals surface area contributed by atoms with Gasteiger partial charge in [-0.15, -0.1) is 0 Å². The lowest BCUT2D eigenvalue weighted by atomic mass is 9.96. The van der Waals surface area contributed by atoms with Crippen LogP contribution in [0.5, 0.6) is 5.75 Å². The van der Waals surface area contributed by atoms with Gasteiger partial charge in [0.05, 0.1) is 17.4 Å². The average Bonchev–Trinajstić information content (AvgIpc) is 3.58. The molecule has 2 amide bonds. The number of fused-ring (bicyclic) bond motifs is 1. The summed E-state index contributed by atoms with van der Waals surface area (Å²) in [6.07, 6.45) is 1.97. The Morgan fingerprint density at radius 2 is 1.90 bits per heavy atom. The number of nitrogens with zero attached hydrogens (tertiary/aromatic N) is 2. The topological polar surface area (TPSA) is 87.9 Å². The minimum atomic E-state index is -0.458. The van der Waals surface area contributed by atoms with Crippen LogP contribution >= 0.6 is 0 Å². The van der Waals surface area contributed by atoms with Crippen LogP contribution in [0.15, 0.2) is 48.5 Å². The molecular weight excluding hydrogens is 392 g/mol. The first-order valence-electron chi connectivity index (χ1n) is 10.9. The first-order valence-corrected chi connectivity index (χ1v) is 10.9. The molecule has 3 N–H and O–H groups in total. The molecule has 2 aromatic rings. The van der Waals surface area contributed by atoms with E-state index in [4.69, 9.17) is 10.5 Å². The summed E-state index contributed by atoms with van der Waals surface area (Å²) in [4.78, 5) is 28.8. The van der Waals surface area contributed by atoms with Gasteiger partial charge in [-0.2, -0.15) is 0 Å². The second-order valence-electron chi connectivity index (χ2n) is 8.39. The summed E-state index contributed by atoms with van der Waals surface area (Å²) in [5.41, 5.74) is 8.51. The van der Waals surface area contributed by atoms with Crippen molar-refractivity contribution < 1.29 is 14.3 Å². The third-order valence-electron chi connectivity index (χ3n) is 5.93. The average molecular weight is 423 g/mol. The highest BCUT2D eigenvalue weighted by molar-refractivity contribution is 6.02. The molecule has 1 saturated carbocycles. The van der Waals surface area contributed by atoms with Crippen LogP contribution in [0.2, 0.25) is 0 Å². The molecule has 4 rings (SSSR count). The zero-order valence-electron chi connectivity index (χ0n) is 18.1. The van der Waals surface area contributed by atoms with Crippen molar-refractivity contribution in [2.45, 2.75) is 44.7 Å². The molecule has 0 bridgehead atoms. The van der Waals surface area contributed by atoms with E-state index in [-0.39, 0.29) is 17.9 Å². The number of hydrogen-bond acceptors (Lipinski definition) is 5. The molecule has 31 heavy (non-hydrogen) atoms. The summed E-state index contributed by atoms with van der Waals surface area (Å²) in [5, 5.41) is 3.54. The van der Waals surface area contributed by atoms with E-state index in [0.717, 1.165) is 12.1 Å². The van der Waals surface area contributed by atoms with Gasteiger partial charge in [-0.05, 0) is 49.6 Å². The van der Waals surface area contributed by atoms with E-state index in [1.165, 1.54) is 12.8 Å². The molecule has 7 nitrogen and oxygen atoms in total. The quantitative estimate of drug-likeness (QED) is 0.746. The SMILES string of the molecule is CC(=O)N1c2ccc(C(CN)CNC3CC3)cc2N(C(=O)Oc2ccccc2)C[C@@H]1C. The molecule has 0 saturated heterocycles. The molecule has 0 spiro atoms. The summed E-state index contributed by atoms with van der Waals surface area (Å²) >= 11 is 0. The van der Waals surface area contributed by atoms with Crippen LogP contribution in [0.25, 0.3) is 0 Å². The van der Waals surface area contributed by atoms with E-state index in [0.29, 0.717) is 36.3 Å². The highest BCUT2D eigenvalue weighted by atomic mass is 16.6. The molecule has 0 aromatic heterocycles. The predicted octanol–water partition coefficient (Wildman–Crippen LogP) is 3.24. The van der Waals surface area contributed by atoms with Gasteiger partial charge in [-0.1, -0.05) is 24.3 Å². The Kier molecular flexibility index (Phi) is 6.25. The number of para-hydroxylation sites is 1. The Bertz CT molecular complexity index is 945. The molecule has 1 aliphatic heterocycles. The molecule has 0 radical (unpaired) electrons. The fourth-order valence-electron chi connectivity index (χ4n) is 4.13. The molecule has 1 aliphatic carbocycles. The monoisotopic (exact) mass is 422 g/mol. The van der Waals surface area contributed by atoms with Gasteiger partial charge in [0, 0.05) is 38.5 Å². The maximum absolute atomic E-state index is 13.1. The molecule has 2 aliphatic rings. The van der Waals surface area contributed by atoms with Gasteiger partial charge in [0.25, 0.3) is 0 Å². The molecule has 2 atom stereocenters. The van der Waals surface area contributed by atoms with Gasteiger partial charge in [0.15, 0.2) is 0 Å². The van der Waals surface area contributed by atoms with Gasteiger partial charge >= 0.3 is 6.09 Å². The van der Waals surface area contributed by atoms with Crippen molar-refractivity contribution in [2.75, 3.05) is 29.4 Å². The minimum absolute atomic E-state index is 0.0525. The number of carbonyl (C=O) groups is 2. The van der Waals surface area contributed by atoms with Crippen LogP contribution in [0.1, 0.15) is 38.2 Å². The third-order valence-corrected chi connectivity index (χ3v) is 5.93. The van der Waals surface area contributed by atoms with Crippen LogP contribution in [0, 0.1) is 0 Å². The number of nitrogens with two attached hydrogens (primary N) is 1. The maximum Gasteiger partial charge on any atom is 0.419 e. The Balaban J connectivity index is 1.66. The minimum Gasteiger partial charge on any atom is -0.410 e. The molecule has 1 fully saturated rings. The van der Waals surface area contributed by atoms with E-state index >= 15 is 0 Å². The van der Waals surface area contributed by atoms with Crippen LogP contribution in [0.3, 0.4) is 0 Å². The Hall–Kier alpha value is -2.90. The van der Waals surface area contributed by atoms with E-state index < -0.39 is 6.09 Å². The van der Waals surface area contributed by atoms with Gasteiger partial charge in [-0.3, -0.25) is 9.69 Å². The highest BCUT2D eigenvalue weighted by Crippen LogP contribution is 2.38. The lowest BCUT2D eigenvalue weighted by Gasteiger charge is -2.40. The normalized spacial score (nSPS) is 19.0. The molecule has 2 aromatic carbocycles. The maximum atomic E-state index is 13.1. The number of anilines is 2. The van der Waals surface area contributed by atoms with Crippen molar-refractivity contribution in [3.8, 4) is 5.75 Å². The van der Waals surface area contributed by atoms with E-state index in [2.05, 4.69) is 5.32 Å². The van der Waals surface area contributed by atoms with Crippen LogP contribution in [-0.2, 0) is 4.79 Å². The van der Waals surface area contributed by atoms with Crippen LogP contribution in [0.4, 0.5) is 16.2 Å². The number of amides is 2. The standard InChI is InChI=1S/C24H30N4O3/c1-16-15-27(24(30)31-21-6-4-3-5-7-21)23-12-18(8-11-22(23)28(16)17(2)29)19(13-25)14-26-20-9-10-20/h3-8,11-12,16,19-20,26H,9-10,13-15,25H2,1-2H3/t16-,19?/m0/s1. The summed E-state index contributed by atoms with van der Waals surface area (Å²) in [6, 6.07) is 15.4. The summed E-state index contributed by atoms with van der Waals surface area (Å²) in [7, 11) is 0. The molecule has 7 heteroatoms. The fraction of sp³-hybridized carbons (Fsp3) is 0.417. The summed E-state index contributed by atoms with van der Waals surface area (Å²) in [5.74, 6) is 0.562. The van der Waals surface area contributed by atoms with E-state index in [9.17, 15) is 9.59 Å². The van der Waals surface area contributed by atoms with Crippen molar-refractivity contribution >= 4 is 23.4 Å². The lowest BCUT2D eigenvalue weighted by Crippen LogP contribution is -2.52. The number of nitrogens with one attached hydrogen (secondary N) is 1. The van der Waals surface area contributed by atoms with Gasteiger partial charge in [-0.25, -0.2) is 4.79 Å². The number of rotatable bonds is 6.